The molecule has 1 N–H and O–H groups in total. The number of carbonyl (C=O) groups is 3. The van der Waals surface area contributed by atoms with Crippen molar-refractivity contribution >= 4 is 27.9 Å². The van der Waals surface area contributed by atoms with Gasteiger partial charge in [-0.3, -0.25) is 14.4 Å². The zero-order chi connectivity index (χ0) is 24.8. The van der Waals surface area contributed by atoms with Crippen LogP contribution in [0.4, 0.5) is 4.79 Å². The highest BCUT2D eigenvalue weighted by molar-refractivity contribution is 8.26. The third kappa shape index (κ3) is 3.11. The number of aliphatic hydroxyl groups is 1. The van der Waals surface area contributed by atoms with Gasteiger partial charge in [-0.15, -0.1) is 0 Å². The minimum Gasteiger partial charge on any atom is -0.393 e. The molecule has 186 valence electrons. The van der Waals surface area contributed by atoms with Crippen LogP contribution in [0.2, 0.25) is 0 Å². The lowest BCUT2D eigenvalue weighted by molar-refractivity contribution is -0.221. The molecule has 0 radical (unpaired) electrons. The molecule has 1 saturated heterocycles. The summed E-state index contributed by atoms with van der Waals surface area (Å²) in [7, 11) is 3.25. The molecule has 4 fully saturated rings. The van der Waals surface area contributed by atoms with Crippen LogP contribution in [0, 0.1) is 28.6 Å². The zero-order valence-electron chi connectivity index (χ0n) is 20.8. The third-order valence-electron chi connectivity index (χ3n) is 9.34. The number of carbonyl (C=O) groups excluding carboxylic acids is 3. The van der Waals surface area contributed by atoms with Crippen molar-refractivity contribution in [1.29, 1.82) is 0 Å². The van der Waals surface area contributed by atoms with E-state index in [0.717, 1.165) is 18.4 Å². The van der Waals surface area contributed by atoms with Crippen molar-refractivity contribution in [3.63, 3.8) is 0 Å². The van der Waals surface area contributed by atoms with Crippen LogP contribution in [-0.2, 0) is 19.1 Å². The number of hydrogen-bond donors (Lipinski definition) is 1. The quantitative estimate of drug-likeness (QED) is 0.600. The molecule has 0 aromatic carbocycles. The lowest BCUT2D eigenvalue weighted by Crippen LogP contribution is -2.63. The highest BCUT2D eigenvalue weighted by Crippen LogP contribution is 2.70. The van der Waals surface area contributed by atoms with E-state index in [9.17, 15) is 19.5 Å². The van der Waals surface area contributed by atoms with E-state index in [2.05, 4.69) is 6.92 Å². The summed E-state index contributed by atoms with van der Waals surface area (Å²) in [6, 6.07) is 0. The van der Waals surface area contributed by atoms with E-state index in [0.29, 0.717) is 24.6 Å². The van der Waals surface area contributed by atoms with Gasteiger partial charge in [-0.1, -0.05) is 25.5 Å². The van der Waals surface area contributed by atoms with E-state index in [1.54, 1.807) is 26.2 Å². The Hall–Kier alpha value is -1.48. The molecule has 0 bridgehead atoms. The normalized spacial score (nSPS) is 46.1. The number of aliphatic hydroxyl groups excluding tert-OH is 1. The molecule has 5 rings (SSSR count). The summed E-state index contributed by atoms with van der Waals surface area (Å²) in [6.45, 7) is 7.79. The van der Waals surface area contributed by atoms with Crippen LogP contribution in [0.25, 0.3) is 0 Å². The average molecular weight is 490 g/mol. The molecule has 0 aromatic rings. The monoisotopic (exact) mass is 489 g/mol. The van der Waals surface area contributed by atoms with E-state index in [1.807, 2.05) is 26.8 Å². The first kappa shape index (κ1) is 24.2. The maximum absolute atomic E-state index is 13.9. The largest absolute Gasteiger partial charge is 0.393 e. The van der Waals surface area contributed by atoms with E-state index in [4.69, 9.17) is 9.47 Å². The van der Waals surface area contributed by atoms with Gasteiger partial charge in [-0.25, -0.2) is 0 Å². The fourth-order valence-corrected chi connectivity index (χ4v) is 8.92. The molecule has 7 nitrogen and oxygen atoms in total. The number of hydrogen-bond acceptors (Lipinski definition) is 7. The van der Waals surface area contributed by atoms with Crippen LogP contribution in [-0.4, -0.2) is 63.8 Å². The summed E-state index contributed by atoms with van der Waals surface area (Å²) >= 11 is 0.679. The van der Waals surface area contributed by atoms with Crippen molar-refractivity contribution < 1.29 is 29.0 Å². The van der Waals surface area contributed by atoms with Gasteiger partial charge in [0.2, 0.25) is 5.12 Å². The van der Waals surface area contributed by atoms with E-state index < -0.39 is 29.0 Å². The lowest BCUT2D eigenvalue weighted by Gasteiger charge is -2.59. The van der Waals surface area contributed by atoms with E-state index >= 15 is 0 Å². The summed E-state index contributed by atoms with van der Waals surface area (Å²) < 4.78 is 12.8. The number of amides is 1. The second-order valence-electron chi connectivity index (χ2n) is 11.8. The molecular formula is C26H35NO6S. The summed E-state index contributed by atoms with van der Waals surface area (Å²) in [5, 5.41) is 11.0. The predicted molar refractivity (Wildman–Crippen MR) is 128 cm³/mol. The maximum atomic E-state index is 13.9. The third-order valence-corrected chi connectivity index (χ3v) is 10.4. The molecule has 34 heavy (non-hydrogen) atoms. The molecule has 1 amide bonds. The van der Waals surface area contributed by atoms with Crippen LogP contribution < -0.4 is 0 Å². The molecule has 5 aliphatic rings. The van der Waals surface area contributed by atoms with Gasteiger partial charge in [0.15, 0.2) is 17.2 Å². The van der Waals surface area contributed by atoms with Gasteiger partial charge in [0.05, 0.1) is 12.2 Å². The summed E-state index contributed by atoms with van der Waals surface area (Å²) in [4.78, 5) is 39.8. The molecule has 4 aliphatic carbocycles. The number of ketones is 1. The molecule has 0 spiro atoms. The minimum atomic E-state index is -1.31. The van der Waals surface area contributed by atoms with Crippen LogP contribution >= 0.6 is 11.8 Å². The molecule has 8 heteroatoms. The van der Waals surface area contributed by atoms with Gasteiger partial charge in [-0.05, 0) is 63.5 Å². The van der Waals surface area contributed by atoms with Gasteiger partial charge in [-0.2, -0.15) is 0 Å². The fraction of sp³-hybridized carbons (Fsp3) is 0.731. The lowest BCUT2D eigenvalue weighted by atomic mass is 9.46. The first-order valence-corrected chi connectivity index (χ1v) is 13.0. The van der Waals surface area contributed by atoms with E-state index in [-0.39, 0.29) is 39.3 Å². The Bertz CT molecular complexity index is 1020. The molecule has 1 heterocycles. The van der Waals surface area contributed by atoms with Crippen molar-refractivity contribution in [3.05, 3.63) is 23.8 Å². The zero-order valence-corrected chi connectivity index (χ0v) is 21.6. The summed E-state index contributed by atoms with van der Waals surface area (Å²) in [5.41, 5.74) is -1.29. The number of allylic oxidation sites excluding steroid dienone is 4. The highest BCUT2D eigenvalue weighted by atomic mass is 32.2. The Kier molecular flexibility index (Phi) is 5.35. The summed E-state index contributed by atoms with van der Waals surface area (Å²) in [6.07, 6.45) is 6.84. The minimum absolute atomic E-state index is 0.00706. The van der Waals surface area contributed by atoms with Gasteiger partial charge in [0.25, 0.3) is 5.24 Å². The van der Waals surface area contributed by atoms with Gasteiger partial charge < -0.3 is 19.5 Å². The predicted octanol–water partition coefficient (Wildman–Crippen LogP) is 3.71. The molecule has 1 unspecified atom stereocenters. The first-order chi connectivity index (χ1) is 15.7. The van der Waals surface area contributed by atoms with Gasteiger partial charge >= 0.3 is 0 Å². The van der Waals surface area contributed by atoms with E-state index in [1.165, 1.54) is 4.90 Å². The molecular weight excluding hydrogens is 454 g/mol. The number of thioether (sulfide) groups is 1. The molecule has 1 aliphatic heterocycles. The van der Waals surface area contributed by atoms with Gasteiger partial charge in [0.1, 0.15) is 0 Å². The Morgan fingerprint density at radius 2 is 1.91 bits per heavy atom. The molecule has 3 saturated carbocycles. The maximum Gasteiger partial charge on any atom is 0.288 e. The first-order valence-electron chi connectivity index (χ1n) is 12.2. The van der Waals surface area contributed by atoms with Crippen LogP contribution in [0.1, 0.15) is 53.4 Å². The number of fused-ring (bicyclic) bond motifs is 7. The number of rotatable bonds is 1. The van der Waals surface area contributed by atoms with Crippen molar-refractivity contribution in [2.75, 3.05) is 14.1 Å². The Morgan fingerprint density at radius 1 is 1.21 bits per heavy atom. The standard InChI is InChI=1S/C26H35NO6S/c1-23(2)32-19-12-17-16-8-7-14-11-15(28)9-10-24(14,3)20(16)18(29)13-25(17,4)26(19,33-23)21(30)34-22(31)27(5)6/h9-11,16-20,29H,7-8,12-13H2,1-6H3/t16-,17?,18-,19+,20+,24-,25-,26-/m0/s1. The molecule has 8 atom stereocenters. The Labute approximate surface area is 205 Å². The molecule has 0 aromatic heterocycles. The summed E-state index contributed by atoms with van der Waals surface area (Å²) in [5.74, 6) is -0.768. The Morgan fingerprint density at radius 3 is 2.59 bits per heavy atom. The van der Waals surface area contributed by atoms with Crippen molar-refractivity contribution in [3.8, 4) is 0 Å². The second-order valence-corrected chi connectivity index (χ2v) is 12.8. The SMILES string of the molecule is CN(C)C(=O)SC(=O)[C@@]12OC(C)(C)O[C@@H]1CC1[C@@H]3CCC4=CC(=O)C=C[C@]4(C)[C@H]3[C@@H](O)C[C@@]12C. The number of ether oxygens (including phenoxy) is 2. The smallest absolute Gasteiger partial charge is 0.288 e. The second kappa shape index (κ2) is 7.51. The fourth-order valence-electron chi connectivity index (χ4n) is 8.02. The van der Waals surface area contributed by atoms with Crippen LogP contribution in [0.5, 0.6) is 0 Å². The topological polar surface area (TPSA) is 93.1 Å². The van der Waals surface area contributed by atoms with Gasteiger partial charge in [0, 0.05) is 42.6 Å². The highest BCUT2D eigenvalue weighted by Gasteiger charge is 2.77. The van der Waals surface area contributed by atoms with Crippen LogP contribution in [0.3, 0.4) is 0 Å². The average Bonchev–Trinajstić information content (AvgIpc) is 3.14. The van der Waals surface area contributed by atoms with Crippen molar-refractivity contribution in [2.45, 2.75) is 77.0 Å². The van der Waals surface area contributed by atoms with Crippen molar-refractivity contribution in [2.24, 2.45) is 28.6 Å². The number of nitrogens with zero attached hydrogens (tertiary/aromatic N) is 1. The van der Waals surface area contributed by atoms with Crippen LogP contribution in [0.15, 0.2) is 23.8 Å². The van der Waals surface area contributed by atoms with Crippen molar-refractivity contribution in [1.82, 2.24) is 4.90 Å². The Balaban J connectivity index is 1.56.